The summed E-state index contributed by atoms with van der Waals surface area (Å²) in [5.74, 6) is -2.96. The lowest BCUT2D eigenvalue weighted by Gasteiger charge is -2.42. The number of aryl methyl sites for hydroxylation is 1. The van der Waals surface area contributed by atoms with Gasteiger partial charge >= 0.3 is 5.97 Å². The van der Waals surface area contributed by atoms with Gasteiger partial charge in [0.25, 0.3) is 11.8 Å². The van der Waals surface area contributed by atoms with Gasteiger partial charge in [-0.05, 0) is 43.0 Å². The van der Waals surface area contributed by atoms with Crippen molar-refractivity contribution in [1.82, 2.24) is 24.8 Å². The van der Waals surface area contributed by atoms with E-state index in [-0.39, 0.29) is 19.1 Å². The molecule has 0 spiro atoms. The van der Waals surface area contributed by atoms with Crippen LogP contribution in [0.1, 0.15) is 69.3 Å². The summed E-state index contributed by atoms with van der Waals surface area (Å²) in [6, 6.07) is 11.6. The third kappa shape index (κ3) is 4.85. The molecule has 1 aromatic heterocycles. The number of aromatic nitrogens is 3. The molecule has 11 heteroatoms. The predicted molar refractivity (Wildman–Crippen MR) is 145 cm³/mol. The zero-order valence-corrected chi connectivity index (χ0v) is 22.7. The van der Waals surface area contributed by atoms with E-state index >= 15 is 0 Å². The van der Waals surface area contributed by atoms with E-state index in [1.54, 1.807) is 53.2 Å². The lowest BCUT2D eigenvalue weighted by Crippen LogP contribution is -2.50. The summed E-state index contributed by atoms with van der Waals surface area (Å²) in [6.07, 6.45) is 4.76. The van der Waals surface area contributed by atoms with Crippen LogP contribution in [-0.2, 0) is 29.7 Å². The Hall–Kier alpha value is -4.54. The van der Waals surface area contributed by atoms with E-state index in [0.717, 1.165) is 24.0 Å². The SMILES string of the molecule is Cn1cc(COc2cccc3c2[C@@H](CN2C(=O)c4ccccc4C2=O)N(C(=O)[C@@H]2CCCC[C@@H]2C(=O)O)CC3)nn1. The smallest absolute Gasteiger partial charge is 0.307 e. The molecule has 3 heterocycles. The van der Waals surface area contributed by atoms with E-state index in [2.05, 4.69) is 10.3 Å². The molecule has 3 aromatic rings. The number of carboxylic acids is 1. The highest BCUT2D eigenvalue weighted by Crippen LogP contribution is 2.41. The van der Waals surface area contributed by atoms with E-state index in [4.69, 9.17) is 4.74 Å². The Morgan fingerprint density at radius 1 is 1.00 bits per heavy atom. The summed E-state index contributed by atoms with van der Waals surface area (Å²) in [4.78, 5) is 55.9. The number of fused-ring (bicyclic) bond motifs is 2. The fraction of sp³-hybridized carbons (Fsp3) is 0.400. The van der Waals surface area contributed by atoms with Gasteiger partial charge in [0.05, 0.1) is 41.7 Å². The summed E-state index contributed by atoms with van der Waals surface area (Å²) in [6.45, 7) is 0.416. The Morgan fingerprint density at radius 3 is 2.37 bits per heavy atom. The number of carbonyl (C=O) groups is 4. The quantitative estimate of drug-likeness (QED) is 0.438. The van der Waals surface area contributed by atoms with Gasteiger partial charge in [0.2, 0.25) is 5.91 Å². The molecule has 1 fully saturated rings. The maximum absolute atomic E-state index is 14.1. The molecule has 11 nitrogen and oxygen atoms in total. The minimum atomic E-state index is -0.967. The van der Waals surface area contributed by atoms with Crippen LogP contribution in [0.25, 0.3) is 0 Å². The Bertz CT molecular complexity index is 1500. The number of ether oxygens (including phenoxy) is 1. The monoisotopic (exact) mass is 557 g/mol. The number of imide groups is 1. The molecule has 3 aliphatic rings. The zero-order valence-electron chi connectivity index (χ0n) is 22.7. The highest BCUT2D eigenvalue weighted by Gasteiger charge is 2.45. The number of carboxylic acid groups (broad SMARTS) is 1. The molecule has 2 aliphatic heterocycles. The highest BCUT2D eigenvalue weighted by molar-refractivity contribution is 6.21. The van der Waals surface area contributed by atoms with Crippen molar-refractivity contribution in [3.8, 4) is 5.75 Å². The molecule has 6 rings (SSSR count). The molecule has 1 aliphatic carbocycles. The van der Waals surface area contributed by atoms with Crippen molar-refractivity contribution in [2.45, 2.75) is 44.8 Å². The third-order valence-electron chi connectivity index (χ3n) is 8.43. The number of aliphatic carboxylic acids is 1. The molecule has 0 bridgehead atoms. The summed E-state index contributed by atoms with van der Waals surface area (Å²) in [7, 11) is 1.76. The largest absolute Gasteiger partial charge is 0.487 e. The number of benzene rings is 2. The van der Waals surface area contributed by atoms with Crippen LogP contribution in [0.5, 0.6) is 5.75 Å². The predicted octanol–water partition coefficient (Wildman–Crippen LogP) is 3.01. The Labute approximate surface area is 236 Å². The lowest BCUT2D eigenvalue weighted by atomic mass is 9.77. The Morgan fingerprint density at radius 2 is 1.71 bits per heavy atom. The molecule has 1 saturated carbocycles. The number of nitrogens with zero attached hydrogens (tertiary/aromatic N) is 5. The number of hydrogen-bond acceptors (Lipinski definition) is 7. The van der Waals surface area contributed by atoms with Gasteiger partial charge in [-0.1, -0.05) is 42.3 Å². The normalized spacial score (nSPS) is 21.9. The molecule has 3 atom stereocenters. The molecule has 0 radical (unpaired) electrons. The molecule has 1 N–H and O–H groups in total. The molecule has 0 saturated heterocycles. The minimum Gasteiger partial charge on any atom is -0.487 e. The van der Waals surface area contributed by atoms with Crippen LogP contribution in [0.15, 0.2) is 48.7 Å². The minimum absolute atomic E-state index is 0.0684. The van der Waals surface area contributed by atoms with Gasteiger partial charge in [-0.3, -0.25) is 28.8 Å². The fourth-order valence-electron chi connectivity index (χ4n) is 6.44. The van der Waals surface area contributed by atoms with Crippen LogP contribution in [0.4, 0.5) is 0 Å². The Kier molecular flexibility index (Phi) is 7.02. The van der Waals surface area contributed by atoms with E-state index in [0.29, 0.717) is 48.4 Å². The zero-order chi connectivity index (χ0) is 28.7. The van der Waals surface area contributed by atoms with E-state index in [1.807, 2.05) is 12.1 Å². The van der Waals surface area contributed by atoms with E-state index < -0.39 is 35.7 Å². The maximum Gasteiger partial charge on any atom is 0.307 e. The highest BCUT2D eigenvalue weighted by atomic mass is 16.5. The van der Waals surface area contributed by atoms with Gasteiger partial charge in [-0.2, -0.15) is 0 Å². The van der Waals surface area contributed by atoms with Gasteiger partial charge in [0.1, 0.15) is 18.1 Å². The third-order valence-corrected chi connectivity index (χ3v) is 8.43. The first-order valence-corrected chi connectivity index (χ1v) is 13.9. The van der Waals surface area contributed by atoms with Gasteiger partial charge in [0.15, 0.2) is 0 Å². The van der Waals surface area contributed by atoms with Gasteiger partial charge in [-0.25, -0.2) is 0 Å². The first-order valence-electron chi connectivity index (χ1n) is 13.9. The summed E-state index contributed by atoms with van der Waals surface area (Å²) in [5, 5.41) is 17.9. The van der Waals surface area contributed by atoms with Gasteiger partial charge in [0, 0.05) is 19.2 Å². The van der Waals surface area contributed by atoms with Crippen LogP contribution in [0.3, 0.4) is 0 Å². The average molecular weight is 558 g/mol. The maximum atomic E-state index is 14.1. The molecule has 41 heavy (non-hydrogen) atoms. The van der Waals surface area contributed by atoms with Crippen molar-refractivity contribution in [3.63, 3.8) is 0 Å². The first kappa shape index (κ1) is 26.7. The van der Waals surface area contributed by atoms with Crippen LogP contribution < -0.4 is 4.74 Å². The summed E-state index contributed by atoms with van der Waals surface area (Å²) < 4.78 is 7.79. The van der Waals surface area contributed by atoms with Crippen LogP contribution >= 0.6 is 0 Å². The Balaban J connectivity index is 1.38. The van der Waals surface area contributed by atoms with Crippen molar-refractivity contribution in [3.05, 3.63) is 76.6 Å². The molecule has 3 amide bonds. The van der Waals surface area contributed by atoms with Crippen LogP contribution in [0, 0.1) is 11.8 Å². The summed E-state index contributed by atoms with van der Waals surface area (Å²) >= 11 is 0. The second-order valence-corrected chi connectivity index (χ2v) is 10.9. The van der Waals surface area contributed by atoms with Gasteiger partial charge in [-0.15, -0.1) is 5.10 Å². The van der Waals surface area contributed by atoms with E-state index in [9.17, 15) is 24.3 Å². The molecular formula is C30H31N5O6. The lowest BCUT2D eigenvalue weighted by molar-refractivity contribution is -0.153. The number of hydrogen-bond donors (Lipinski definition) is 1. The van der Waals surface area contributed by atoms with Crippen molar-refractivity contribution < 1.29 is 29.0 Å². The van der Waals surface area contributed by atoms with Crippen molar-refractivity contribution in [2.75, 3.05) is 13.1 Å². The second kappa shape index (κ2) is 10.8. The second-order valence-electron chi connectivity index (χ2n) is 10.9. The van der Waals surface area contributed by atoms with Crippen LogP contribution in [0.2, 0.25) is 0 Å². The fourth-order valence-corrected chi connectivity index (χ4v) is 6.44. The molecule has 2 aromatic carbocycles. The first-order chi connectivity index (χ1) is 19.8. The van der Waals surface area contributed by atoms with Gasteiger partial charge < -0.3 is 14.7 Å². The van der Waals surface area contributed by atoms with Crippen molar-refractivity contribution >= 4 is 23.7 Å². The number of rotatable bonds is 7. The molecular weight excluding hydrogens is 526 g/mol. The standard InChI is InChI=1S/C30H31N5O6/c1-33-15-19(31-32-33)17-41-25-12-6-7-18-13-14-34(27(36)22-10-4-5-11-23(22)30(39)40)24(26(18)25)16-35-28(37)20-8-2-3-9-21(20)29(35)38/h2-3,6-9,12,15,22-24H,4-5,10-11,13-14,16-17H2,1H3,(H,39,40)/t22-,23+,24-/m1/s1. The van der Waals surface area contributed by atoms with Crippen molar-refractivity contribution in [2.24, 2.45) is 18.9 Å². The molecule has 0 unspecified atom stereocenters. The number of carbonyl (C=O) groups excluding carboxylic acids is 3. The number of amides is 3. The average Bonchev–Trinajstić information content (AvgIpc) is 3.51. The van der Waals surface area contributed by atoms with E-state index in [1.165, 1.54) is 4.90 Å². The van der Waals surface area contributed by atoms with Crippen molar-refractivity contribution in [1.29, 1.82) is 0 Å². The summed E-state index contributed by atoms with van der Waals surface area (Å²) in [5.41, 5.74) is 2.95. The molecule has 212 valence electrons. The topological polar surface area (TPSA) is 135 Å². The van der Waals surface area contributed by atoms with Crippen LogP contribution in [-0.4, -0.2) is 66.7 Å².